The third-order valence-electron chi connectivity index (χ3n) is 2.75. The highest BCUT2D eigenvalue weighted by atomic mass is 19.4. The molecule has 0 aromatic carbocycles. The summed E-state index contributed by atoms with van der Waals surface area (Å²) in [7, 11) is 1.61. The number of hydrogen-bond acceptors (Lipinski definition) is 4. The fourth-order valence-electron chi connectivity index (χ4n) is 1.59. The van der Waals surface area contributed by atoms with Crippen LogP contribution in [0.25, 0.3) is 0 Å². The van der Waals surface area contributed by atoms with Gasteiger partial charge < -0.3 is 10.2 Å². The molecule has 0 saturated heterocycles. The van der Waals surface area contributed by atoms with Crippen molar-refractivity contribution in [3.63, 3.8) is 0 Å². The third-order valence-corrected chi connectivity index (χ3v) is 2.75. The van der Waals surface area contributed by atoms with E-state index >= 15 is 0 Å². The fourth-order valence-corrected chi connectivity index (χ4v) is 1.59. The standard InChI is InChI=1S/C13H21F3N4/c1-4-7-17-11-9-12(19-10(5-2)18-11)20(3)8-6-13(14,15)16/h9H,4-8H2,1-3H3,(H,17,18,19). The van der Waals surface area contributed by atoms with Gasteiger partial charge in [-0.1, -0.05) is 13.8 Å². The second kappa shape index (κ2) is 7.31. The highest BCUT2D eigenvalue weighted by Crippen LogP contribution is 2.22. The van der Waals surface area contributed by atoms with Gasteiger partial charge in [0.15, 0.2) is 0 Å². The van der Waals surface area contributed by atoms with Crippen molar-refractivity contribution in [3.05, 3.63) is 11.9 Å². The molecular weight excluding hydrogens is 269 g/mol. The lowest BCUT2D eigenvalue weighted by Gasteiger charge is -2.20. The van der Waals surface area contributed by atoms with Crippen molar-refractivity contribution in [2.75, 3.05) is 30.4 Å². The van der Waals surface area contributed by atoms with Crippen LogP contribution in [0, 0.1) is 0 Å². The number of aryl methyl sites for hydroxylation is 1. The minimum Gasteiger partial charge on any atom is -0.370 e. The molecule has 0 aliphatic carbocycles. The summed E-state index contributed by atoms with van der Waals surface area (Å²) < 4.78 is 36.8. The number of nitrogens with zero attached hydrogens (tertiary/aromatic N) is 3. The van der Waals surface area contributed by atoms with Crippen LogP contribution < -0.4 is 10.2 Å². The maximum atomic E-state index is 12.3. The molecule has 0 amide bonds. The number of halogens is 3. The predicted octanol–water partition coefficient (Wildman–Crippen LogP) is 3.25. The summed E-state index contributed by atoms with van der Waals surface area (Å²) in [6.07, 6.45) is -3.42. The number of hydrogen-bond donors (Lipinski definition) is 1. The maximum absolute atomic E-state index is 12.3. The number of rotatable bonds is 7. The average molecular weight is 290 g/mol. The quantitative estimate of drug-likeness (QED) is 0.837. The molecule has 0 unspecified atom stereocenters. The largest absolute Gasteiger partial charge is 0.390 e. The van der Waals surface area contributed by atoms with Gasteiger partial charge in [-0.3, -0.25) is 0 Å². The second-order valence-corrected chi connectivity index (χ2v) is 4.59. The van der Waals surface area contributed by atoms with Crippen LogP contribution in [0.4, 0.5) is 24.8 Å². The molecular formula is C13H21F3N4. The molecule has 0 fully saturated rings. The van der Waals surface area contributed by atoms with Crippen LogP contribution in [-0.4, -0.2) is 36.3 Å². The first-order valence-electron chi connectivity index (χ1n) is 6.75. The van der Waals surface area contributed by atoms with Crippen molar-refractivity contribution in [2.45, 2.75) is 39.3 Å². The van der Waals surface area contributed by atoms with Gasteiger partial charge in [0.25, 0.3) is 0 Å². The molecule has 0 atom stereocenters. The molecule has 0 aliphatic rings. The van der Waals surface area contributed by atoms with Gasteiger partial charge in [-0.15, -0.1) is 0 Å². The SMILES string of the molecule is CCCNc1cc(N(C)CCC(F)(F)F)nc(CC)n1. The van der Waals surface area contributed by atoms with Gasteiger partial charge in [0.05, 0.1) is 6.42 Å². The number of anilines is 2. The van der Waals surface area contributed by atoms with Crippen molar-refractivity contribution >= 4 is 11.6 Å². The fraction of sp³-hybridized carbons (Fsp3) is 0.692. The summed E-state index contributed by atoms with van der Waals surface area (Å²) in [5, 5.41) is 3.14. The van der Waals surface area contributed by atoms with E-state index in [0.717, 1.165) is 13.0 Å². The highest BCUT2D eigenvalue weighted by Gasteiger charge is 2.27. The van der Waals surface area contributed by atoms with E-state index in [1.807, 2.05) is 13.8 Å². The molecule has 0 spiro atoms. The molecule has 0 bridgehead atoms. The van der Waals surface area contributed by atoms with E-state index in [-0.39, 0.29) is 6.54 Å². The van der Waals surface area contributed by atoms with Crippen LogP contribution in [0.2, 0.25) is 0 Å². The first-order valence-corrected chi connectivity index (χ1v) is 6.75. The van der Waals surface area contributed by atoms with Crippen molar-refractivity contribution in [2.24, 2.45) is 0 Å². The Hall–Kier alpha value is -1.53. The van der Waals surface area contributed by atoms with Gasteiger partial charge in [0, 0.05) is 32.6 Å². The van der Waals surface area contributed by atoms with Gasteiger partial charge in [0.2, 0.25) is 0 Å². The van der Waals surface area contributed by atoms with Crippen LogP contribution in [0.15, 0.2) is 6.07 Å². The van der Waals surface area contributed by atoms with E-state index < -0.39 is 12.6 Å². The first kappa shape index (κ1) is 16.5. The lowest BCUT2D eigenvalue weighted by Crippen LogP contribution is -2.25. The molecule has 114 valence electrons. The maximum Gasteiger partial charge on any atom is 0.390 e. The molecule has 0 radical (unpaired) electrons. The minimum atomic E-state index is -4.15. The molecule has 1 aromatic heterocycles. The van der Waals surface area contributed by atoms with Crippen LogP contribution >= 0.6 is 0 Å². The number of aromatic nitrogens is 2. The lowest BCUT2D eigenvalue weighted by atomic mass is 10.3. The lowest BCUT2D eigenvalue weighted by molar-refractivity contribution is -0.132. The summed E-state index contributed by atoms with van der Waals surface area (Å²) in [5.74, 6) is 1.80. The summed E-state index contributed by atoms with van der Waals surface area (Å²) in [6, 6.07) is 1.69. The Balaban J connectivity index is 2.81. The van der Waals surface area contributed by atoms with Crippen LogP contribution in [0.3, 0.4) is 0 Å². The summed E-state index contributed by atoms with van der Waals surface area (Å²) >= 11 is 0. The van der Waals surface area contributed by atoms with Gasteiger partial charge in [-0.2, -0.15) is 13.2 Å². The van der Waals surface area contributed by atoms with Gasteiger partial charge in [0.1, 0.15) is 17.5 Å². The van der Waals surface area contributed by atoms with E-state index in [9.17, 15) is 13.2 Å². The summed E-state index contributed by atoms with van der Waals surface area (Å²) in [4.78, 5) is 10.1. The first-order chi connectivity index (χ1) is 9.35. The second-order valence-electron chi connectivity index (χ2n) is 4.59. The van der Waals surface area contributed by atoms with Gasteiger partial charge >= 0.3 is 6.18 Å². The Bertz CT molecular complexity index is 421. The molecule has 1 rings (SSSR count). The van der Waals surface area contributed by atoms with Crippen molar-refractivity contribution in [1.29, 1.82) is 0 Å². The molecule has 7 heteroatoms. The van der Waals surface area contributed by atoms with Crippen LogP contribution in [0.5, 0.6) is 0 Å². The van der Waals surface area contributed by atoms with E-state index in [0.29, 0.717) is 23.9 Å². The zero-order chi connectivity index (χ0) is 15.2. The van der Waals surface area contributed by atoms with Gasteiger partial charge in [-0.25, -0.2) is 9.97 Å². The third kappa shape index (κ3) is 5.63. The smallest absolute Gasteiger partial charge is 0.370 e. The summed E-state index contributed by atoms with van der Waals surface area (Å²) in [6.45, 7) is 4.60. The minimum absolute atomic E-state index is 0.114. The van der Waals surface area contributed by atoms with E-state index in [2.05, 4.69) is 15.3 Å². The van der Waals surface area contributed by atoms with E-state index in [1.54, 1.807) is 13.1 Å². The molecule has 1 N–H and O–H groups in total. The Morgan fingerprint density at radius 2 is 1.95 bits per heavy atom. The van der Waals surface area contributed by atoms with Crippen molar-refractivity contribution in [1.82, 2.24) is 9.97 Å². The molecule has 0 aliphatic heterocycles. The molecule has 1 aromatic rings. The van der Waals surface area contributed by atoms with Crippen LogP contribution in [0.1, 0.15) is 32.5 Å². The van der Waals surface area contributed by atoms with Crippen molar-refractivity contribution < 1.29 is 13.2 Å². The zero-order valence-corrected chi connectivity index (χ0v) is 12.1. The molecule has 1 heterocycles. The normalized spacial score (nSPS) is 11.5. The van der Waals surface area contributed by atoms with Gasteiger partial charge in [-0.05, 0) is 6.42 Å². The Labute approximate surface area is 117 Å². The number of nitrogens with one attached hydrogen (secondary N) is 1. The molecule has 4 nitrogen and oxygen atoms in total. The Morgan fingerprint density at radius 3 is 2.50 bits per heavy atom. The Morgan fingerprint density at radius 1 is 1.25 bits per heavy atom. The predicted molar refractivity (Wildman–Crippen MR) is 74.1 cm³/mol. The monoisotopic (exact) mass is 290 g/mol. The number of alkyl halides is 3. The Kier molecular flexibility index (Phi) is 6.04. The average Bonchev–Trinajstić information content (AvgIpc) is 2.41. The topological polar surface area (TPSA) is 41.0 Å². The van der Waals surface area contributed by atoms with E-state index in [4.69, 9.17) is 0 Å². The highest BCUT2D eigenvalue weighted by molar-refractivity contribution is 5.49. The zero-order valence-electron chi connectivity index (χ0n) is 12.1. The summed E-state index contributed by atoms with van der Waals surface area (Å²) in [5.41, 5.74) is 0. The van der Waals surface area contributed by atoms with Crippen LogP contribution in [-0.2, 0) is 6.42 Å². The van der Waals surface area contributed by atoms with Crippen molar-refractivity contribution in [3.8, 4) is 0 Å². The van der Waals surface area contributed by atoms with E-state index in [1.165, 1.54) is 4.90 Å². The molecule has 0 saturated carbocycles. The molecule has 20 heavy (non-hydrogen) atoms.